The molecule has 0 fully saturated rings. The van der Waals surface area contributed by atoms with Crippen molar-refractivity contribution in [2.24, 2.45) is 0 Å². The molecule has 0 N–H and O–H groups in total. The maximum absolute atomic E-state index is 3.73. The summed E-state index contributed by atoms with van der Waals surface area (Å²) in [6.45, 7) is 2.15. The Balaban J connectivity index is 2.36. The van der Waals surface area contributed by atoms with E-state index in [-0.39, 0.29) is 5.41 Å². The van der Waals surface area contributed by atoms with Gasteiger partial charge in [0, 0.05) is 19.6 Å². The highest BCUT2D eigenvalue weighted by Crippen LogP contribution is 2.33. The molecule has 0 saturated carbocycles. The van der Waals surface area contributed by atoms with Gasteiger partial charge in [-0.15, -0.1) is 0 Å². The molecule has 0 nitrogen and oxygen atoms in total. The van der Waals surface area contributed by atoms with Gasteiger partial charge in [-0.3, -0.25) is 0 Å². The van der Waals surface area contributed by atoms with Crippen LogP contribution in [0.4, 0.5) is 0 Å². The third-order valence-electron chi connectivity index (χ3n) is 3.60. The molecule has 0 unspecified atom stereocenters. The Morgan fingerprint density at radius 2 is 1.65 bits per heavy atom. The normalized spacial score (nSPS) is 11.6. The van der Waals surface area contributed by atoms with E-state index in [1.165, 1.54) is 20.3 Å². The van der Waals surface area contributed by atoms with Crippen LogP contribution in [0.15, 0.2) is 48.5 Å². The minimum absolute atomic E-state index is 0.0960. The second-order valence-corrected chi connectivity index (χ2v) is 7.59. The fourth-order valence-corrected chi connectivity index (χ4v) is 4.69. The summed E-state index contributed by atoms with van der Waals surface area (Å²) in [5, 5.41) is 1.89. The molecule has 0 saturated heterocycles. The summed E-state index contributed by atoms with van der Waals surface area (Å²) in [4.78, 5) is 0. The van der Waals surface area contributed by atoms with Gasteiger partial charge in [-0.2, -0.15) is 0 Å². The molecule has 0 aliphatic heterocycles. The van der Waals surface area contributed by atoms with Crippen molar-refractivity contribution in [3.8, 4) is 0 Å². The third-order valence-corrected chi connectivity index (χ3v) is 6.46. The first-order chi connectivity index (χ1) is 9.59. The number of rotatable bonds is 5. The number of halogens is 3. The topological polar surface area (TPSA) is 0 Å². The average molecular weight is 508 g/mol. The van der Waals surface area contributed by atoms with Crippen molar-refractivity contribution in [2.45, 2.75) is 18.8 Å². The lowest BCUT2D eigenvalue weighted by molar-refractivity contribution is 0.550. The van der Waals surface area contributed by atoms with Gasteiger partial charge < -0.3 is 0 Å². The van der Waals surface area contributed by atoms with Crippen molar-refractivity contribution in [3.63, 3.8) is 0 Å². The molecule has 0 aliphatic carbocycles. The van der Waals surface area contributed by atoms with Gasteiger partial charge in [0.15, 0.2) is 0 Å². The van der Waals surface area contributed by atoms with E-state index in [0.29, 0.717) is 0 Å². The molecule has 0 spiro atoms. The first kappa shape index (κ1) is 16.5. The lowest BCUT2D eigenvalue weighted by Gasteiger charge is -2.31. The van der Waals surface area contributed by atoms with E-state index in [9.17, 15) is 0 Å². The smallest absolute Gasteiger partial charge is 0.0187 e. The second kappa shape index (κ2) is 7.41. The van der Waals surface area contributed by atoms with Crippen LogP contribution in [0.3, 0.4) is 0 Å². The van der Waals surface area contributed by atoms with Gasteiger partial charge in [-0.25, -0.2) is 0 Å². The Kier molecular flexibility index (Phi) is 6.11. The molecule has 2 aromatic rings. The molecule has 0 radical (unpaired) electrons. The fraction of sp³-hybridized carbons (Fsp3) is 0.294. The van der Waals surface area contributed by atoms with Crippen LogP contribution in [0, 0.1) is 10.5 Å². The molecule has 0 heterocycles. The maximum Gasteiger partial charge on any atom is 0.0187 e. The van der Waals surface area contributed by atoms with Crippen molar-refractivity contribution in [2.75, 3.05) is 10.7 Å². The molecular weight excluding hydrogens is 491 g/mol. The molecule has 2 rings (SSSR count). The monoisotopic (exact) mass is 506 g/mol. The Hall–Kier alpha value is 0.130. The van der Waals surface area contributed by atoms with Crippen LogP contribution < -0.4 is 0 Å². The van der Waals surface area contributed by atoms with E-state index < -0.39 is 0 Å². The first-order valence-corrected chi connectivity index (χ1v) is 9.85. The molecule has 3 heteroatoms. The van der Waals surface area contributed by atoms with Crippen molar-refractivity contribution in [3.05, 3.63) is 68.8 Å². The van der Waals surface area contributed by atoms with Gasteiger partial charge >= 0.3 is 0 Å². The number of hydrogen-bond donors (Lipinski definition) is 0. The van der Waals surface area contributed by atoms with E-state index in [1.807, 2.05) is 0 Å². The molecule has 0 atom stereocenters. The zero-order valence-electron chi connectivity index (χ0n) is 11.4. The molecule has 0 aromatic heterocycles. The number of hydrogen-bond acceptors (Lipinski definition) is 0. The van der Waals surface area contributed by atoms with Crippen molar-refractivity contribution >= 4 is 54.5 Å². The zero-order chi connectivity index (χ0) is 14.6. The highest BCUT2D eigenvalue weighted by molar-refractivity contribution is 14.1. The van der Waals surface area contributed by atoms with E-state index >= 15 is 0 Å². The van der Waals surface area contributed by atoms with Crippen LogP contribution in [0.2, 0.25) is 0 Å². The molecule has 0 amide bonds. The zero-order valence-corrected chi connectivity index (χ0v) is 16.7. The van der Waals surface area contributed by atoms with E-state index in [2.05, 4.69) is 110 Å². The fourth-order valence-electron chi connectivity index (χ4n) is 2.35. The largest absolute Gasteiger partial charge is 0.0918 e. The molecular formula is C17H17Br2I. The predicted octanol–water partition coefficient (Wildman–Crippen LogP) is 5.87. The minimum Gasteiger partial charge on any atom is -0.0918 e. The van der Waals surface area contributed by atoms with Crippen LogP contribution in [-0.4, -0.2) is 10.7 Å². The average Bonchev–Trinajstić information content (AvgIpc) is 2.47. The maximum atomic E-state index is 3.73. The van der Waals surface area contributed by atoms with Crippen LogP contribution >= 0.6 is 54.5 Å². The highest BCUT2D eigenvalue weighted by Gasteiger charge is 2.30. The Morgan fingerprint density at radius 3 is 2.20 bits per heavy atom. The summed E-state index contributed by atoms with van der Waals surface area (Å²) in [6.07, 6.45) is 1.03. The molecule has 2 aromatic carbocycles. The third kappa shape index (κ3) is 3.86. The second-order valence-electron chi connectivity index (χ2n) is 5.22. The Labute approximate surface area is 151 Å². The van der Waals surface area contributed by atoms with Gasteiger partial charge in [0.25, 0.3) is 0 Å². The number of aryl methyl sites for hydroxylation is 1. The molecule has 0 aliphatic rings. The Morgan fingerprint density at radius 1 is 1.00 bits per heavy atom. The van der Waals surface area contributed by atoms with Crippen LogP contribution in [-0.2, 0) is 11.8 Å². The summed E-state index contributed by atoms with van der Waals surface area (Å²) in [6, 6.07) is 17.7. The van der Waals surface area contributed by atoms with Crippen LogP contribution in [0.1, 0.15) is 16.7 Å². The van der Waals surface area contributed by atoms with Crippen LogP contribution in [0.5, 0.6) is 0 Å². The highest BCUT2D eigenvalue weighted by atomic mass is 127. The lowest BCUT2D eigenvalue weighted by atomic mass is 9.78. The summed E-state index contributed by atoms with van der Waals surface area (Å²) in [7, 11) is 0. The van der Waals surface area contributed by atoms with E-state index in [0.717, 1.165) is 17.1 Å². The summed E-state index contributed by atoms with van der Waals surface area (Å²) >= 11 is 9.82. The molecule has 0 bridgehead atoms. The van der Waals surface area contributed by atoms with Gasteiger partial charge in [0.1, 0.15) is 0 Å². The van der Waals surface area contributed by atoms with Crippen molar-refractivity contribution < 1.29 is 0 Å². The SMILES string of the molecule is Cc1cccc(C(CBr)(CBr)Cc2ccc(I)cc2)c1. The van der Waals surface area contributed by atoms with E-state index in [4.69, 9.17) is 0 Å². The quantitative estimate of drug-likeness (QED) is 0.351. The van der Waals surface area contributed by atoms with Crippen LogP contribution in [0.25, 0.3) is 0 Å². The summed E-state index contributed by atoms with van der Waals surface area (Å²) < 4.78 is 1.28. The lowest BCUT2D eigenvalue weighted by Crippen LogP contribution is -2.33. The molecule has 106 valence electrons. The van der Waals surface area contributed by atoms with E-state index in [1.54, 1.807) is 0 Å². The number of benzene rings is 2. The summed E-state index contributed by atoms with van der Waals surface area (Å²) in [5.41, 5.74) is 4.19. The van der Waals surface area contributed by atoms with Gasteiger partial charge in [-0.1, -0.05) is 73.8 Å². The predicted molar refractivity (Wildman–Crippen MR) is 103 cm³/mol. The van der Waals surface area contributed by atoms with Crippen molar-refractivity contribution in [1.29, 1.82) is 0 Å². The van der Waals surface area contributed by atoms with Gasteiger partial charge in [0.05, 0.1) is 0 Å². The standard InChI is InChI=1S/C17H17Br2I/c1-13-3-2-4-15(9-13)17(11-18,12-19)10-14-5-7-16(20)8-6-14/h2-9H,10-12H2,1H3. The number of alkyl halides is 2. The molecule has 20 heavy (non-hydrogen) atoms. The Bertz CT molecular complexity index is 559. The summed E-state index contributed by atoms with van der Waals surface area (Å²) in [5.74, 6) is 0. The van der Waals surface area contributed by atoms with Crippen molar-refractivity contribution in [1.82, 2.24) is 0 Å². The van der Waals surface area contributed by atoms with Gasteiger partial charge in [-0.05, 0) is 59.2 Å². The first-order valence-electron chi connectivity index (χ1n) is 6.53. The minimum atomic E-state index is 0.0960. The van der Waals surface area contributed by atoms with Gasteiger partial charge in [0.2, 0.25) is 0 Å².